The van der Waals surface area contributed by atoms with Crippen LogP contribution < -0.4 is 14.8 Å². The number of thiazole rings is 1. The average Bonchev–Trinajstić information content (AvgIpc) is 3.36. The number of aromatic nitrogens is 2. The Morgan fingerprint density at radius 3 is 2.70 bits per heavy atom. The molecule has 4 aromatic rings. The number of imidazole rings is 1. The summed E-state index contributed by atoms with van der Waals surface area (Å²) in [5.41, 5.74) is 5.12. The number of fused-ring (bicyclic) bond motifs is 3. The van der Waals surface area contributed by atoms with Crippen molar-refractivity contribution in [1.29, 1.82) is 0 Å². The SMILES string of the molecule is Cc1ccc2c(nc3sc(=Cc4ccc(OCC5CC5)cc4)c(=O)n32)c1C. The first-order valence-electron chi connectivity index (χ1n) is 9.26. The molecule has 2 heterocycles. The Kier molecular flexibility index (Phi) is 3.79. The molecule has 2 aromatic carbocycles. The summed E-state index contributed by atoms with van der Waals surface area (Å²) in [5, 5.41) is 0. The van der Waals surface area contributed by atoms with E-state index >= 15 is 0 Å². The molecule has 0 amide bonds. The minimum absolute atomic E-state index is 0.00480. The molecule has 1 aliphatic rings. The zero-order valence-electron chi connectivity index (χ0n) is 15.4. The summed E-state index contributed by atoms with van der Waals surface area (Å²) >= 11 is 1.44. The van der Waals surface area contributed by atoms with E-state index in [1.165, 1.54) is 29.7 Å². The van der Waals surface area contributed by atoms with Crippen LogP contribution in [0.1, 0.15) is 29.5 Å². The average molecular weight is 376 g/mol. The van der Waals surface area contributed by atoms with Crippen LogP contribution in [0.3, 0.4) is 0 Å². The number of ether oxygens (including phenoxy) is 1. The fourth-order valence-corrected chi connectivity index (χ4v) is 4.26. The second-order valence-electron chi connectivity index (χ2n) is 7.34. The molecule has 27 heavy (non-hydrogen) atoms. The summed E-state index contributed by atoms with van der Waals surface area (Å²) < 4.78 is 8.20. The number of hydrogen-bond donors (Lipinski definition) is 0. The summed E-state index contributed by atoms with van der Waals surface area (Å²) in [6.45, 7) is 4.93. The monoisotopic (exact) mass is 376 g/mol. The summed E-state index contributed by atoms with van der Waals surface area (Å²) in [6, 6.07) is 12.0. The maximum atomic E-state index is 12.9. The molecule has 2 aromatic heterocycles. The van der Waals surface area contributed by atoms with Crippen molar-refractivity contribution in [1.82, 2.24) is 9.38 Å². The van der Waals surface area contributed by atoms with Gasteiger partial charge in [-0.2, -0.15) is 0 Å². The normalized spacial score (nSPS) is 15.1. The summed E-state index contributed by atoms with van der Waals surface area (Å²) in [6.07, 6.45) is 4.50. The van der Waals surface area contributed by atoms with E-state index in [0.29, 0.717) is 4.53 Å². The number of nitrogens with zero attached hydrogens (tertiary/aromatic N) is 2. The van der Waals surface area contributed by atoms with E-state index in [1.807, 2.05) is 42.5 Å². The lowest BCUT2D eigenvalue weighted by molar-refractivity contribution is 0.300. The van der Waals surface area contributed by atoms with Crippen molar-refractivity contribution in [2.45, 2.75) is 26.7 Å². The molecule has 0 N–H and O–H groups in total. The molecular weight excluding hydrogens is 356 g/mol. The minimum Gasteiger partial charge on any atom is -0.493 e. The molecule has 1 saturated carbocycles. The van der Waals surface area contributed by atoms with Gasteiger partial charge in [0.2, 0.25) is 0 Å². The van der Waals surface area contributed by atoms with Crippen LogP contribution in [0, 0.1) is 19.8 Å². The van der Waals surface area contributed by atoms with E-state index in [4.69, 9.17) is 9.72 Å². The minimum atomic E-state index is -0.00480. The van der Waals surface area contributed by atoms with Crippen LogP contribution in [-0.4, -0.2) is 16.0 Å². The molecular formula is C22H20N2O2S. The van der Waals surface area contributed by atoms with Gasteiger partial charge in [0.1, 0.15) is 5.75 Å². The molecule has 0 spiro atoms. The van der Waals surface area contributed by atoms with Gasteiger partial charge in [-0.1, -0.05) is 29.5 Å². The maximum absolute atomic E-state index is 12.9. The fourth-order valence-electron chi connectivity index (χ4n) is 3.28. The Hall–Kier alpha value is -2.66. The highest BCUT2D eigenvalue weighted by Crippen LogP contribution is 2.29. The summed E-state index contributed by atoms with van der Waals surface area (Å²) in [4.78, 5) is 18.4. The van der Waals surface area contributed by atoms with Gasteiger partial charge in [0.05, 0.1) is 22.2 Å². The lowest BCUT2D eigenvalue weighted by Gasteiger charge is -2.04. The third-order valence-electron chi connectivity index (χ3n) is 5.30. The second-order valence-corrected chi connectivity index (χ2v) is 8.35. The highest BCUT2D eigenvalue weighted by atomic mass is 32.1. The molecule has 0 aliphatic heterocycles. The molecule has 0 unspecified atom stereocenters. The van der Waals surface area contributed by atoms with E-state index in [0.717, 1.165) is 45.4 Å². The van der Waals surface area contributed by atoms with Gasteiger partial charge in [0.15, 0.2) is 4.96 Å². The van der Waals surface area contributed by atoms with Crippen molar-refractivity contribution in [3.63, 3.8) is 0 Å². The number of benzene rings is 2. The molecule has 1 aliphatic carbocycles. The van der Waals surface area contributed by atoms with Gasteiger partial charge < -0.3 is 4.74 Å². The second kappa shape index (κ2) is 6.20. The number of rotatable bonds is 4. The van der Waals surface area contributed by atoms with Gasteiger partial charge in [0.25, 0.3) is 5.56 Å². The van der Waals surface area contributed by atoms with E-state index in [-0.39, 0.29) is 5.56 Å². The van der Waals surface area contributed by atoms with Crippen molar-refractivity contribution in [2.75, 3.05) is 6.61 Å². The third-order valence-corrected chi connectivity index (χ3v) is 6.26. The Morgan fingerprint density at radius 2 is 1.96 bits per heavy atom. The molecule has 0 radical (unpaired) electrons. The van der Waals surface area contributed by atoms with Crippen LogP contribution in [0.15, 0.2) is 41.2 Å². The predicted molar refractivity (Wildman–Crippen MR) is 110 cm³/mol. The molecule has 136 valence electrons. The first-order chi connectivity index (χ1) is 13.1. The number of aryl methyl sites for hydroxylation is 2. The first-order valence-corrected chi connectivity index (χ1v) is 10.1. The molecule has 0 saturated heterocycles. The van der Waals surface area contributed by atoms with Crippen LogP contribution in [0.5, 0.6) is 5.75 Å². The molecule has 0 bridgehead atoms. The highest BCUT2D eigenvalue weighted by Gasteiger charge is 2.21. The zero-order valence-corrected chi connectivity index (χ0v) is 16.2. The topological polar surface area (TPSA) is 43.6 Å². The van der Waals surface area contributed by atoms with Crippen molar-refractivity contribution >= 4 is 33.4 Å². The molecule has 4 nitrogen and oxygen atoms in total. The Morgan fingerprint density at radius 1 is 1.19 bits per heavy atom. The van der Waals surface area contributed by atoms with Crippen LogP contribution >= 0.6 is 11.3 Å². The first kappa shape index (κ1) is 16.5. The lowest BCUT2D eigenvalue weighted by atomic mass is 10.1. The molecule has 1 fully saturated rings. The van der Waals surface area contributed by atoms with Gasteiger partial charge in [-0.25, -0.2) is 9.38 Å². The standard InChI is InChI=1S/C22H20N2O2S/c1-13-3-10-18-20(14(13)2)23-22-24(18)21(25)19(27-22)11-15-6-8-17(9-7-15)26-12-16-4-5-16/h3,6-11,16H,4-5,12H2,1-2H3. The van der Waals surface area contributed by atoms with Crippen molar-refractivity contribution < 1.29 is 4.74 Å². The molecule has 5 heteroatoms. The van der Waals surface area contributed by atoms with E-state index in [1.54, 1.807) is 4.40 Å². The van der Waals surface area contributed by atoms with E-state index in [2.05, 4.69) is 13.8 Å². The Labute approximate surface area is 160 Å². The fraction of sp³-hybridized carbons (Fsp3) is 0.273. The Balaban J connectivity index is 1.53. The van der Waals surface area contributed by atoms with Crippen LogP contribution in [0.2, 0.25) is 0 Å². The van der Waals surface area contributed by atoms with Gasteiger partial charge in [-0.3, -0.25) is 4.79 Å². The van der Waals surface area contributed by atoms with Gasteiger partial charge >= 0.3 is 0 Å². The predicted octanol–water partition coefficient (Wildman–Crippen LogP) is 3.86. The van der Waals surface area contributed by atoms with Crippen LogP contribution in [0.4, 0.5) is 0 Å². The molecule has 0 atom stereocenters. The Bertz CT molecular complexity index is 1260. The van der Waals surface area contributed by atoms with Gasteiger partial charge in [-0.05, 0) is 73.6 Å². The van der Waals surface area contributed by atoms with Crippen LogP contribution in [-0.2, 0) is 0 Å². The van der Waals surface area contributed by atoms with E-state index < -0.39 is 0 Å². The van der Waals surface area contributed by atoms with Crippen molar-refractivity contribution in [3.05, 3.63) is 68.0 Å². The quantitative estimate of drug-likeness (QED) is 0.543. The van der Waals surface area contributed by atoms with Crippen molar-refractivity contribution in [3.8, 4) is 5.75 Å². The summed E-state index contributed by atoms with van der Waals surface area (Å²) in [7, 11) is 0. The van der Waals surface area contributed by atoms with Gasteiger partial charge in [-0.15, -0.1) is 0 Å². The molecule has 5 rings (SSSR count). The smallest absolute Gasteiger partial charge is 0.274 e. The van der Waals surface area contributed by atoms with Gasteiger partial charge in [0, 0.05) is 0 Å². The number of hydrogen-bond acceptors (Lipinski definition) is 4. The van der Waals surface area contributed by atoms with Crippen LogP contribution in [0.25, 0.3) is 22.1 Å². The lowest BCUT2D eigenvalue weighted by Crippen LogP contribution is -2.22. The third kappa shape index (κ3) is 2.92. The van der Waals surface area contributed by atoms with Crippen molar-refractivity contribution in [2.24, 2.45) is 5.92 Å². The zero-order chi connectivity index (χ0) is 18.5. The van der Waals surface area contributed by atoms with E-state index in [9.17, 15) is 4.79 Å². The highest BCUT2D eigenvalue weighted by molar-refractivity contribution is 7.15. The maximum Gasteiger partial charge on any atom is 0.274 e. The summed E-state index contributed by atoms with van der Waals surface area (Å²) in [5.74, 6) is 1.63. The largest absolute Gasteiger partial charge is 0.493 e.